The van der Waals surface area contributed by atoms with Crippen LogP contribution >= 0.6 is 0 Å². The van der Waals surface area contributed by atoms with E-state index in [9.17, 15) is 0 Å². The molecule has 2 heteroatoms. The highest BCUT2D eigenvalue weighted by Crippen LogP contribution is 2.65. The van der Waals surface area contributed by atoms with Crippen LogP contribution in [0.2, 0.25) is 0 Å². The zero-order chi connectivity index (χ0) is 16.1. The molecular weight excluding hydrogens is 280 g/mol. The fraction of sp³-hybridized carbons (Fsp3) is 0.619. The van der Waals surface area contributed by atoms with Gasteiger partial charge in [-0.2, -0.15) is 0 Å². The van der Waals surface area contributed by atoms with Crippen molar-refractivity contribution < 1.29 is 0 Å². The number of fused-ring (bicyclic) bond motifs is 3. The third-order valence-corrected chi connectivity index (χ3v) is 7.52. The second-order valence-electron chi connectivity index (χ2n) is 8.75. The molecule has 1 saturated heterocycles. The molecule has 1 spiro atoms. The number of hydrogen-bond donors (Lipinski definition) is 2. The number of benzene rings is 1. The number of rotatable bonds is 1. The summed E-state index contributed by atoms with van der Waals surface area (Å²) in [7, 11) is 0. The molecule has 1 saturated carbocycles. The van der Waals surface area contributed by atoms with Gasteiger partial charge in [-0.25, -0.2) is 0 Å². The predicted molar refractivity (Wildman–Crippen MR) is 94.7 cm³/mol. The van der Waals surface area contributed by atoms with Gasteiger partial charge in [-0.3, -0.25) is 0 Å². The van der Waals surface area contributed by atoms with E-state index in [1.54, 1.807) is 16.7 Å². The Morgan fingerprint density at radius 3 is 2.83 bits per heavy atom. The first-order chi connectivity index (χ1) is 10.9. The number of aryl methyl sites for hydroxylation is 2. The Morgan fingerprint density at radius 2 is 2.09 bits per heavy atom. The van der Waals surface area contributed by atoms with Gasteiger partial charge in [0.1, 0.15) is 0 Å². The van der Waals surface area contributed by atoms with Crippen LogP contribution in [0.4, 0.5) is 0 Å². The van der Waals surface area contributed by atoms with Gasteiger partial charge in [0.05, 0.1) is 0 Å². The Bertz CT molecular complexity index is 745. The van der Waals surface area contributed by atoms with E-state index in [1.165, 1.54) is 24.0 Å². The first-order valence-corrected chi connectivity index (χ1v) is 9.27. The molecule has 1 aliphatic heterocycles. The molecule has 0 amide bonds. The minimum atomic E-state index is -0.183. The van der Waals surface area contributed by atoms with Gasteiger partial charge in [0.25, 0.3) is 0 Å². The molecule has 0 radical (unpaired) electrons. The highest BCUT2D eigenvalue weighted by atomic mass is 15.2. The van der Waals surface area contributed by atoms with Gasteiger partial charge in [-0.1, -0.05) is 25.1 Å². The second-order valence-corrected chi connectivity index (χ2v) is 8.75. The first kappa shape index (κ1) is 14.2. The third kappa shape index (κ3) is 1.52. The molecule has 6 unspecified atom stereocenters. The van der Waals surface area contributed by atoms with Gasteiger partial charge < -0.3 is 11.1 Å². The second kappa shape index (κ2) is 4.10. The lowest BCUT2D eigenvalue weighted by atomic mass is 9.57. The van der Waals surface area contributed by atoms with Crippen LogP contribution in [0, 0.1) is 25.7 Å². The molecule has 5 rings (SSSR count). The van der Waals surface area contributed by atoms with Crippen molar-refractivity contribution in [2.24, 2.45) is 17.6 Å². The summed E-state index contributed by atoms with van der Waals surface area (Å²) in [5.41, 5.74) is 14.9. The Labute approximate surface area is 139 Å². The number of nitrogens with one attached hydrogen (secondary N) is 1. The van der Waals surface area contributed by atoms with Crippen molar-refractivity contribution in [1.82, 2.24) is 5.32 Å². The lowest BCUT2D eigenvalue weighted by molar-refractivity contribution is 0.154. The van der Waals surface area contributed by atoms with E-state index in [1.807, 2.05) is 0 Å². The summed E-state index contributed by atoms with van der Waals surface area (Å²) < 4.78 is 0. The van der Waals surface area contributed by atoms with Crippen molar-refractivity contribution in [3.63, 3.8) is 0 Å². The maximum atomic E-state index is 6.83. The van der Waals surface area contributed by atoms with Crippen molar-refractivity contribution in [3.05, 3.63) is 46.0 Å². The molecule has 4 aliphatic rings. The summed E-state index contributed by atoms with van der Waals surface area (Å²) in [5.74, 6) is 1.20. The van der Waals surface area contributed by atoms with Crippen molar-refractivity contribution in [3.8, 4) is 0 Å². The lowest BCUT2D eigenvalue weighted by Gasteiger charge is -2.49. The van der Waals surface area contributed by atoms with Gasteiger partial charge in [0.2, 0.25) is 0 Å². The first-order valence-electron chi connectivity index (χ1n) is 9.27. The van der Waals surface area contributed by atoms with Crippen LogP contribution in [0.15, 0.2) is 18.2 Å². The number of nitrogens with two attached hydrogens (primary N) is 1. The summed E-state index contributed by atoms with van der Waals surface area (Å²) in [4.78, 5) is 0. The van der Waals surface area contributed by atoms with E-state index in [2.05, 4.69) is 51.2 Å². The van der Waals surface area contributed by atoms with Gasteiger partial charge in [-0.05, 0) is 73.8 Å². The average molecular weight is 308 g/mol. The Kier molecular flexibility index (Phi) is 2.54. The minimum absolute atomic E-state index is 0.183. The van der Waals surface area contributed by atoms with Gasteiger partial charge in [-0.15, -0.1) is 0 Å². The maximum absolute atomic E-state index is 6.83. The van der Waals surface area contributed by atoms with Crippen molar-refractivity contribution in [2.75, 3.05) is 0 Å². The molecule has 3 aliphatic carbocycles. The molecule has 1 heterocycles. The molecule has 6 atom stereocenters. The molecule has 2 fully saturated rings. The van der Waals surface area contributed by atoms with Crippen LogP contribution in [-0.2, 0) is 18.3 Å². The van der Waals surface area contributed by atoms with E-state index in [4.69, 9.17) is 5.73 Å². The van der Waals surface area contributed by atoms with Crippen LogP contribution in [0.25, 0.3) is 0 Å². The van der Waals surface area contributed by atoms with Gasteiger partial charge >= 0.3 is 0 Å². The zero-order valence-electron chi connectivity index (χ0n) is 14.7. The van der Waals surface area contributed by atoms with E-state index < -0.39 is 0 Å². The number of piperidine rings is 1. The van der Waals surface area contributed by atoms with Crippen LogP contribution in [0.3, 0.4) is 0 Å². The van der Waals surface area contributed by atoms with E-state index in [0.29, 0.717) is 17.9 Å². The fourth-order valence-corrected chi connectivity index (χ4v) is 6.61. The Balaban J connectivity index is 1.83. The van der Waals surface area contributed by atoms with Crippen LogP contribution < -0.4 is 11.1 Å². The number of hydrogen-bond acceptors (Lipinski definition) is 2. The molecule has 122 valence electrons. The smallest absolute Gasteiger partial charge is 0.0351 e. The SMILES string of the molecule is CCc1c(C)cc(C)c2c1C13CC4NC4C1C=CC(C)(N)C3C2. The summed E-state index contributed by atoms with van der Waals surface area (Å²) in [6, 6.07) is 3.83. The third-order valence-electron chi connectivity index (χ3n) is 7.52. The molecule has 23 heavy (non-hydrogen) atoms. The Hall–Kier alpha value is -1.12. The minimum Gasteiger partial charge on any atom is -0.322 e. The summed E-state index contributed by atoms with van der Waals surface area (Å²) >= 11 is 0. The van der Waals surface area contributed by atoms with Crippen LogP contribution in [0.1, 0.15) is 48.1 Å². The van der Waals surface area contributed by atoms with E-state index in [-0.39, 0.29) is 11.0 Å². The molecule has 0 bridgehead atoms. The Morgan fingerprint density at radius 1 is 1.30 bits per heavy atom. The van der Waals surface area contributed by atoms with Crippen molar-refractivity contribution >= 4 is 0 Å². The van der Waals surface area contributed by atoms with Crippen LogP contribution in [0.5, 0.6) is 0 Å². The highest BCUT2D eigenvalue weighted by Gasteiger charge is 2.69. The molecular formula is C21H28N2. The van der Waals surface area contributed by atoms with E-state index >= 15 is 0 Å². The maximum Gasteiger partial charge on any atom is 0.0351 e. The molecule has 1 aromatic rings. The molecule has 2 nitrogen and oxygen atoms in total. The molecule has 0 aromatic heterocycles. The standard InChI is InChI=1S/C21H28N2/c1-5-13-11(2)8-12(3)14-9-17-20(4,22)7-6-15-19-16(23-19)10-21(15,17)18(13)14/h6-8,15-17,19,23H,5,9-10,22H2,1-4H3. The molecule has 1 aromatic carbocycles. The van der Waals surface area contributed by atoms with Gasteiger partial charge in [0.15, 0.2) is 0 Å². The normalized spacial score (nSPS) is 45.4. The summed E-state index contributed by atoms with van der Waals surface area (Å²) in [6.45, 7) is 9.19. The highest BCUT2D eigenvalue weighted by molar-refractivity contribution is 5.58. The van der Waals surface area contributed by atoms with Crippen molar-refractivity contribution in [1.29, 1.82) is 0 Å². The fourth-order valence-electron chi connectivity index (χ4n) is 6.61. The topological polar surface area (TPSA) is 48.0 Å². The van der Waals surface area contributed by atoms with E-state index in [0.717, 1.165) is 12.5 Å². The monoisotopic (exact) mass is 308 g/mol. The zero-order valence-corrected chi connectivity index (χ0v) is 14.7. The van der Waals surface area contributed by atoms with Gasteiger partial charge in [0, 0.05) is 29.0 Å². The van der Waals surface area contributed by atoms with Crippen molar-refractivity contribution in [2.45, 2.75) is 70.0 Å². The summed E-state index contributed by atoms with van der Waals surface area (Å²) in [6.07, 6.45) is 8.38. The molecule has 3 N–H and O–H groups in total. The largest absolute Gasteiger partial charge is 0.322 e. The average Bonchev–Trinajstić information content (AvgIpc) is 3.02. The summed E-state index contributed by atoms with van der Waals surface area (Å²) in [5, 5.41) is 3.71. The quantitative estimate of drug-likeness (QED) is 0.619. The van der Waals surface area contributed by atoms with Crippen LogP contribution in [-0.4, -0.2) is 17.6 Å². The predicted octanol–water partition coefficient (Wildman–Crippen LogP) is 2.92. The lowest BCUT2D eigenvalue weighted by Crippen LogP contribution is -2.56.